The first kappa shape index (κ1) is 20.2. The average Bonchev–Trinajstić information content (AvgIpc) is 2.65. The first-order valence-corrected chi connectivity index (χ1v) is 8.12. The van der Waals surface area contributed by atoms with Crippen LogP contribution < -0.4 is 14.8 Å². The summed E-state index contributed by atoms with van der Waals surface area (Å²) in [5.41, 5.74) is -0.331. The maximum Gasteiger partial charge on any atom is 0.310 e. The highest BCUT2D eigenvalue weighted by Crippen LogP contribution is 2.25. The molecule has 8 heteroatoms. The zero-order valence-electron chi connectivity index (χ0n) is 14.8. The number of anilines is 1. The summed E-state index contributed by atoms with van der Waals surface area (Å²) in [5, 5.41) is 2.17. The van der Waals surface area contributed by atoms with Crippen molar-refractivity contribution in [2.75, 3.05) is 19.0 Å². The minimum Gasteiger partial charge on any atom is -0.493 e. The number of halogens is 2. The lowest BCUT2D eigenvalue weighted by molar-refractivity contribution is -0.153. The van der Waals surface area contributed by atoms with E-state index in [1.54, 1.807) is 24.3 Å². The topological polar surface area (TPSA) is 73.9 Å². The molecule has 0 aromatic heterocycles. The van der Waals surface area contributed by atoms with E-state index in [-0.39, 0.29) is 18.7 Å². The molecule has 2 rings (SSSR count). The van der Waals surface area contributed by atoms with Gasteiger partial charge in [0.25, 0.3) is 5.91 Å². The van der Waals surface area contributed by atoms with E-state index in [0.717, 1.165) is 18.2 Å². The molecule has 1 atom stereocenters. The summed E-state index contributed by atoms with van der Waals surface area (Å²) in [7, 11) is 1.50. The first-order valence-electron chi connectivity index (χ1n) is 8.12. The van der Waals surface area contributed by atoms with Crippen molar-refractivity contribution in [2.24, 2.45) is 0 Å². The van der Waals surface area contributed by atoms with Crippen molar-refractivity contribution in [3.8, 4) is 11.5 Å². The van der Waals surface area contributed by atoms with Gasteiger partial charge >= 0.3 is 5.97 Å². The lowest BCUT2D eigenvalue weighted by Crippen LogP contribution is -2.30. The maximum atomic E-state index is 13.5. The fraction of sp³-hybridized carbons (Fsp3) is 0.263. The predicted octanol–water partition coefficient (Wildman–Crippen LogP) is 3.31. The van der Waals surface area contributed by atoms with Gasteiger partial charge in [0, 0.05) is 6.07 Å². The van der Waals surface area contributed by atoms with E-state index in [1.165, 1.54) is 14.0 Å². The summed E-state index contributed by atoms with van der Waals surface area (Å²) < 4.78 is 42.2. The Morgan fingerprint density at radius 3 is 2.52 bits per heavy atom. The summed E-state index contributed by atoms with van der Waals surface area (Å²) in [6, 6.07) is 9.59. The third-order valence-corrected chi connectivity index (χ3v) is 3.50. The molecule has 0 radical (unpaired) electrons. The molecule has 1 amide bonds. The average molecular weight is 379 g/mol. The summed E-state index contributed by atoms with van der Waals surface area (Å²) in [4.78, 5) is 23.8. The van der Waals surface area contributed by atoms with E-state index >= 15 is 0 Å². The van der Waals surface area contributed by atoms with Crippen molar-refractivity contribution >= 4 is 17.6 Å². The number of rotatable bonds is 8. The van der Waals surface area contributed by atoms with Crippen LogP contribution in [0.5, 0.6) is 11.5 Å². The van der Waals surface area contributed by atoms with E-state index in [4.69, 9.17) is 14.2 Å². The number of para-hydroxylation sites is 2. The van der Waals surface area contributed by atoms with E-state index in [0.29, 0.717) is 11.5 Å². The number of carbonyl (C=O) groups is 2. The monoisotopic (exact) mass is 379 g/mol. The largest absolute Gasteiger partial charge is 0.493 e. The van der Waals surface area contributed by atoms with E-state index in [2.05, 4.69) is 5.32 Å². The molecule has 27 heavy (non-hydrogen) atoms. The van der Waals surface area contributed by atoms with Crippen LogP contribution in [0.1, 0.15) is 13.3 Å². The molecule has 6 nitrogen and oxygen atoms in total. The van der Waals surface area contributed by atoms with Gasteiger partial charge in [-0.2, -0.15) is 0 Å². The fourth-order valence-electron chi connectivity index (χ4n) is 2.12. The number of benzene rings is 2. The highest BCUT2D eigenvalue weighted by atomic mass is 19.1. The number of nitrogens with one attached hydrogen (secondary N) is 1. The third kappa shape index (κ3) is 5.95. The SMILES string of the molecule is COc1ccccc1OCCC(=O)OC(C)C(=O)Nc1cc(F)ccc1F. The number of amides is 1. The van der Waals surface area contributed by atoms with E-state index in [1.807, 2.05) is 0 Å². The Balaban J connectivity index is 1.80. The van der Waals surface area contributed by atoms with Crippen LogP contribution in [0.2, 0.25) is 0 Å². The Labute approximate surface area is 155 Å². The molecule has 0 heterocycles. The van der Waals surface area contributed by atoms with Gasteiger partial charge in [0.05, 0.1) is 25.8 Å². The molecule has 0 aliphatic carbocycles. The van der Waals surface area contributed by atoms with Crippen molar-refractivity contribution in [3.05, 3.63) is 54.1 Å². The molecule has 0 fully saturated rings. The molecule has 0 spiro atoms. The van der Waals surface area contributed by atoms with Crippen LogP contribution in [0.3, 0.4) is 0 Å². The molecular weight excluding hydrogens is 360 g/mol. The number of carbonyl (C=O) groups excluding carboxylic acids is 2. The zero-order valence-corrected chi connectivity index (χ0v) is 14.8. The molecule has 2 aromatic rings. The number of esters is 1. The second-order valence-corrected chi connectivity index (χ2v) is 5.49. The van der Waals surface area contributed by atoms with Crippen molar-refractivity contribution < 1.29 is 32.6 Å². The summed E-state index contributed by atoms with van der Waals surface area (Å²) in [6.45, 7) is 1.34. The molecule has 1 unspecified atom stereocenters. The van der Waals surface area contributed by atoms with Gasteiger partial charge < -0.3 is 19.5 Å². The molecule has 144 valence electrons. The van der Waals surface area contributed by atoms with Gasteiger partial charge in [-0.15, -0.1) is 0 Å². The van der Waals surface area contributed by atoms with Gasteiger partial charge in [0.2, 0.25) is 0 Å². The molecule has 0 saturated heterocycles. The van der Waals surface area contributed by atoms with Gasteiger partial charge in [-0.1, -0.05) is 12.1 Å². The molecule has 0 bridgehead atoms. The second-order valence-electron chi connectivity index (χ2n) is 5.49. The number of ether oxygens (including phenoxy) is 3. The Bertz CT molecular complexity index is 812. The molecule has 1 N–H and O–H groups in total. The Morgan fingerprint density at radius 1 is 1.11 bits per heavy atom. The normalized spacial score (nSPS) is 11.4. The van der Waals surface area contributed by atoms with E-state index in [9.17, 15) is 18.4 Å². The van der Waals surface area contributed by atoms with Crippen LogP contribution in [0, 0.1) is 11.6 Å². The Kier molecular flexibility index (Phi) is 7.10. The fourth-order valence-corrected chi connectivity index (χ4v) is 2.12. The second kappa shape index (κ2) is 9.51. The van der Waals surface area contributed by atoms with Gasteiger partial charge in [-0.05, 0) is 31.2 Å². The van der Waals surface area contributed by atoms with Gasteiger partial charge in [-0.25, -0.2) is 8.78 Å². The van der Waals surface area contributed by atoms with Crippen molar-refractivity contribution in [1.29, 1.82) is 0 Å². The quantitative estimate of drug-likeness (QED) is 0.713. The van der Waals surface area contributed by atoms with Crippen LogP contribution in [0.25, 0.3) is 0 Å². The van der Waals surface area contributed by atoms with Crippen molar-refractivity contribution in [2.45, 2.75) is 19.4 Å². The van der Waals surface area contributed by atoms with Crippen LogP contribution in [-0.4, -0.2) is 31.7 Å². The highest BCUT2D eigenvalue weighted by molar-refractivity contribution is 5.95. The molecule has 2 aromatic carbocycles. The van der Waals surface area contributed by atoms with Crippen LogP contribution in [0.4, 0.5) is 14.5 Å². The summed E-state index contributed by atoms with van der Waals surface area (Å²) in [6.07, 6.45) is -1.30. The smallest absolute Gasteiger partial charge is 0.310 e. The molecule has 0 aliphatic heterocycles. The van der Waals surface area contributed by atoms with Gasteiger partial charge in [0.15, 0.2) is 17.6 Å². The third-order valence-electron chi connectivity index (χ3n) is 3.50. The highest BCUT2D eigenvalue weighted by Gasteiger charge is 2.19. The lowest BCUT2D eigenvalue weighted by Gasteiger charge is -2.14. The van der Waals surface area contributed by atoms with Crippen LogP contribution in [-0.2, 0) is 14.3 Å². The maximum absolute atomic E-state index is 13.5. The lowest BCUT2D eigenvalue weighted by atomic mass is 10.2. The van der Waals surface area contributed by atoms with Crippen molar-refractivity contribution in [3.63, 3.8) is 0 Å². The number of hydrogen-bond donors (Lipinski definition) is 1. The number of hydrogen-bond acceptors (Lipinski definition) is 5. The van der Waals surface area contributed by atoms with Crippen LogP contribution in [0.15, 0.2) is 42.5 Å². The van der Waals surface area contributed by atoms with Gasteiger partial charge in [-0.3, -0.25) is 9.59 Å². The molecule has 0 saturated carbocycles. The van der Waals surface area contributed by atoms with Crippen molar-refractivity contribution in [1.82, 2.24) is 0 Å². The van der Waals surface area contributed by atoms with Gasteiger partial charge in [0.1, 0.15) is 11.6 Å². The summed E-state index contributed by atoms with van der Waals surface area (Å²) in [5.74, 6) is -1.96. The Hall–Kier alpha value is -3.16. The van der Waals surface area contributed by atoms with E-state index < -0.39 is 29.6 Å². The Morgan fingerprint density at radius 2 is 1.81 bits per heavy atom. The minimum absolute atomic E-state index is 0.0199. The minimum atomic E-state index is -1.19. The standard InChI is InChI=1S/C19H19F2NO5/c1-12(19(24)22-15-11-13(20)7-8-14(15)21)27-18(23)9-10-26-17-6-4-3-5-16(17)25-2/h3-8,11-12H,9-10H2,1-2H3,(H,22,24). The van der Waals surface area contributed by atoms with Crippen LogP contribution >= 0.6 is 0 Å². The summed E-state index contributed by atoms with van der Waals surface area (Å²) >= 11 is 0. The number of methoxy groups -OCH3 is 1. The predicted molar refractivity (Wildman–Crippen MR) is 93.6 cm³/mol. The molecule has 0 aliphatic rings. The first-order chi connectivity index (χ1) is 12.9. The molecular formula is C19H19F2NO5. The zero-order chi connectivity index (χ0) is 19.8.